The van der Waals surface area contributed by atoms with Gasteiger partial charge in [0.15, 0.2) is 0 Å². The Morgan fingerprint density at radius 3 is 2.65 bits per heavy atom. The number of hydrogen-bond acceptors (Lipinski definition) is 2. The van der Waals surface area contributed by atoms with Gasteiger partial charge in [0, 0.05) is 16.8 Å². The third-order valence-corrected chi connectivity index (χ3v) is 5.02. The lowest BCUT2D eigenvalue weighted by Gasteiger charge is -2.21. The molecule has 20 heavy (non-hydrogen) atoms. The van der Waals surface area contributed by atoms with Crippen molar-refractivity contribution in [1.29, 1.82) is 0 Å². The molecule has 0 saturated heterocycles. The van der Waals surface area contributed by atoms with Crippen LogP contribution in [0.3, 0.4) is 0 Å². The fourth-order valence-electron chi connectivity index (χ4n) is 3.03. The summed E-state index contributed by atoms with van der Waals surface area (Å²) in [5.41, 5.74) is 1.35. The van der Waals surface area contributed by atoms with Crippen molar-refractivity contribution in [3.63, 3.8) is 0 Å². The van der Waals surface area contributed by atoms with E-state index in [1.807, 2.05) is 25.1 Å². The summed E-state index contributed by atoms with van der Waals surface area (Å²) in [5.74, 6) is 0.539. The second-order valence-corrected chi connectivity index (χ2v) is 6.73. The highest BCUT2D eigenvalue weighted by Gasteiger charge is 2.30. The summed E-state index contributed by atoms with van der Waals surface area (Å²) in [7, 11) is 0. The smallest absolute Gasteiger partial charge is 0.261 e. The molecule has 1 aromatic heterocycles. The minimum absolute atomic E-state index is 0.0796. The number of amides is 1. The van der Waals surface area contributed by atoms with Gasteiger partial charge >= 0.3 is 0 Å². The molecule has 0 aliphatic heterocycles. The zero-order valence-corrected chi connectivity index (χ0v) is 12.5. The molecule has 2 atom stereocenters. The Morgan fingerprint density at radius 2 is 1.95 bits per heavy atom. The molecule has 104 valence electrons. The zero-order valence-electron chi connectivity index (χ0n) is 11.6. The highest BCUT2D eigenvalue weighted by molar-refractivity contribution is 7.13. The first-order chi connectivity index (χ1) is 9.74. The number of carbonyl (C=O) groups excluding carboxylic acids is 1. The van der Waals surface area contributed by atoms with Gasteiger partial charge in [0.1, 0.15) is 0 Å². The Hall–Kier alpha value is -1.61. The van der Waals surface area contributed by atoms with Crippen LogP contribution in [0.15, 0.2) is 42.5 Å². The number of aryl methyl sites for hydroxylation is 1. The van der Waals surface area contributed by atoms with Crippen LogP contribution < -0.4 is 5.32 Å². The fourth-order valence-corrected chi connectivity index (χ4v) is 3.80. The van der Waals surface area contributed by atoms with Crippen molar-refractivity contribution in [2.45, 2.75) is 38.1 Å². The van der Waals surface area contributed by atoms with Gasteiger partial charge in [-0.3, -0.25) is 4.79 Å². The van der Waals surface area contributed by atoms with E-state index in [-0.39, 0.29) is 11.9 Å². The van der Waals surface area contributed by atoms with E-state index >= 15 is 0 Å². The van der Waals surface area contributed by atoms with Crippen molar-refractivity contribution in [2.24, 2.45) is 0 Å². The number of benzene rings is 1. The quantitative estimate of drug-likeness (QED) is 0.903. The van der Waals surface area contributed by atoms with E-state index in [0.717, 1.165) is 11.3 Å². The lowest BCUT2D eigenvalue weighted by molar-refractivity contribution is 0.0938. The highest BCUT2D eigenvalue weighted by atomic mass is 32.1. The van der Waals surface area contributed by atoms with Crippen LogP contribution in [-0.2, 0) is 0 Å². The molecule has 1 amide bonds. The number of carbonyl (C=O) groups is 1. The molecule has 1 aliphatic carbocycles. The Kier molecular flexibility index (Phi) is 3.88. The van der Waals surface area contributed by atoms with E-state index in [4.69, 9.17) is 0 Å². The Morgan fingerprint density at radius 1 is 1.15 bits per heavy atom. The zero-order chi connectivity index (χ0) is 13.9. The van der Waals surface area contributed by atoms with Crippen LogP contribution in [-0.4, -0.2) is 11.9 Å². The highest BCUT2D eigenvalue weighted by Crippen LogP contribution is 2.34. The summed E-state index contributed by atoms with van der Waals surface area (Å²) in [4.78, 5) is 14.3. The predicted octanol–water partition coefficient (Wildman–Crippen LogP) is 4.12. The number of thiophene rings is 1. The topological polar surface area (TPSA) is 29.1 Å². The van der Waals surface area contributed by atoms with Crippen molar-refractivity contribution in [1.82, 2.24) is 5.32 Å². The molecule has 0 radical (unpaired) electrons. The Labute approximate surface area is 123 Å². The van der Waals surface area contributed by atoms with Crippen molar-refractivity contribution in [2.75, 3.05) is 0 Å². The summed E-state index contributed by atoms with van der Waals surface area (Å²) >= 11 is 1.56. The molecule has 1 saturated carbocycles. The number of rotatable bonds is 3. The summed E-state index contributed by atoms with van der Waals surface area (Å²) < 4.78 is 0. The molecular formula is C17H19NOS. The molecule has 1 aromatic carbocycles. The van der Waals surface area contributed by atoms with Gasteiger partial charge in [0.25, 0.3) is 5.91 Å². The van der Waals surface area contributed by atoms with Gasteiger partial charge in [-0.15, -0.1) is 11.3 Å². The molecule has 1 aliphatic rings. The lowest BCUT2D eigenvalue weighted by atomic mass is 9.94. The fraction of sp³-hybridized carbons (Fsp3) is 0.353. The van der Waals surface area contributed by atoms with Gasteiger partial charge in [-0.05, 0) is 37.5 Å². The molecule has 1 heterocycles. The Balaban J connectivity index is 1.72. The van der Waals surface area contributed by atoms with Crippen molar-refractivity contribution < 1.29 is 4.79 Å². The van der Waals surface area contributed by atoms with Crippen LogP contribution in [0.1, 0.15) is 45.3 Å². The van der Waals surface area contributed by atoms with E-state index < -0.39 is 0 Å². The molecule has 3 rings (SSSR count). The number of hydrogen-bond donors (Lipinski definition) is 1. The monoisotopic (exact) mass is 285 g/mol. The second-order valence-electron chi connectivity index (χ2n) is 5.44. The van der Waals surface area contributed by atoms with Gasteiger partial charge < -0.3 is 5.32 Å². The summed E-state index contributed by atoms with van der Waals surface area (Å²) in [6.45, 7) is 2.03. The van der Waals surface area contributed by atoms with Crippen LogP contribution in [0.2, 0.25) is 0 Å². The average molecular weight is 285 g/mol. The normalized spacial score (nSPS) is 21.9. The Bertz CT molecular complexity index is 590. The van der Waals surface area contributed by atoms with Gasteiger partial charge in [-0.1, -0.05) is 36.8 Å². The molecule has 0 bridgehead atoms. The SMILES string of the molecule is Cc1ccc(C(=O)N[C@@H]2CCC[C@H]2c2ccccc2)s1. The van der Waals surface area contributed by atoms with Crippen molar-refractivity contribution in [3.8, 4) is 0 Å². The minimum atomic E-state index is 0.0796. The average Bonchev–Trinajstić information content (AvgIpc) is 3.09. The van der Waals surface area contributed by atoms with Gasteiger partial charge in [0.2, 0.25) is 0 Å². The predicted molar refractivity (Wildman–Crippen MR) is 83.3 cm³/mol. The lowest BCUT2D eigenvalue weighted by Crippen LogP contribution is -2.36. The molecule has 3 heteroatoms. The maximum absolute atomic E-state index is 12.3. The van der Waals surface area contributed by atoms with Gasteiger partial charge in [0.05, 0.1) is 4.88 Å². The minimum Gasteiger partial charge on any atom is -0.348 e. The van der Waals surface area contributed by atoms with Crippen LogP contribution in [0, 0.1) is 6.92 Å². The first-order valence-electron chi connectivity index (χ1n) is 7.16. The van der Waals surface area contributed by atoms with E-state index in [9.17, 15) is 4.79 Å². The first-order valence-corrected chi connectivity index (χ1v) is 7.98. The van der Waals surface area contributed by atoms with Crippen LogP contribution in [0.25, 0.3) is 0 Å². The molecule has 0 unspecified atom stereocenters. The maximum atomic E-state index is 12.3. The summed E-state index contributed by atoms with van der Waals surface area (Å²) in [5, 5.41) is 3.23. The molecule has 2 nitrogen and oxygen atoms in total. The molecular weight excluding hydrogens is 266 g/mol. The summed E-state index contributed by atoms with van der Waals surface area (Å²) in [6.07, 6.45) is 3.43. The van der Waals surface area contributed by atoms with Gasteiger partial charge in [-0.2, -0.15) is 0 Å². The molecule has 1 N–H and O–H groups in total. The van der Waals surface area contributed by atoms with Crippen molar-refractivity contribution in [3.05, 3.63) is 57.8 Å². The van der Waals surface area contributed by atoms with Crippen molar-refractivity contribution >= 4 is 17.2 Å². The van der Waals surface area contributed by atoms with E-state index in [0.29, 0.717) is 5.92 Å². The van der Waals surface area contributed by atoms with Gasteiger partial charge in [-0.25, -0.2) is 0 Å². The molecule has 0 spiro atoms. The maximum Gasteiger partial charge on any atom is 0.261 e. The largest absolute Gasteiger partial charge is 0.348 e. The molecule has 1 fully saturated rings. The summed E-state index contributed by atoms with van der Waals surface area (Å²) in [6, 6.07) is 14.7. The third kappa shape index (κ3) is 2.78. The van der Waals surface area contributed by atoms with Crippen LogP contribution >= 0.6 is 11.3 Å². The van der Waals surface area contributed by atoms with Crippen LogP contribution in [0.5, 0.6) is 0 Å². The van der Waals surface area contributed by atoms with Crippen LogP contribution in [0.4, 0.5) is 0 Å². The van der Waals surface area contributed by atoms with E-state index in [1.165, 1.54) is 23.3 Å². The third-order valence-electron chi connectivity index (χ3n) is 4.02. The second kappa shape index (κ2) is 5.80. The molecule has 2 aromatic rings. The first kappa shape index (κ1) is 13.4. The standard InChI is InChI=1S/C17H19NOS/c1-12-10-11-16(20-12)17(19)18-15-9-5-8-14(15)13-6-3-2-4-7-13/h2-4,6-7,10-11,14-15H,5,8-9H2,1H3,(H,18,19)/t14-,15+/m0/s1. The van der Waals surface area contributed by atoms with E-state index in [2.05, 4.69) is 29.6 Å². The number of nitrogens with one attached hydrogen (secondary N) is 1. The van der Waals surface area contributed by atoms with E-state index in [1.54, 1.807) is 11.3 Å².